The number of hydrogen-bond acceptors (Lipinski definition) is 3. The van der Waals surface area contributed by atoms with Crippen LogP contribution in [0.25, 0.3) is 0 Å². The highest BCUT2D eigenvalue weighted by molar-refractivity contribution is 9.10. The Morgan fingerprint density at radius 1 is 1.62 bits per heavy atom. The number of halogens is 2. The largest absolute Gasteiger partial charge is 0.282 e. The summed E-state index contributed by atoms with van der Waals surface area (Å²) >= 11 is 8.32. The second-order valence-electron chi connectivity index (χ2n) is 2.19. The van der Waals surface area contributed by atoms with Gasteiger partial charge in [-0.1, -0.05) is 0 Å². The summed E-state index contributed by atoms with van der Waals surface area (Å²) in [5.74, 6) is 0. The fraction of sp³-hybridized carbons (Fsp3) is 0.167. The van der Waals surface area contributed by atoms with E-state index in [-0.39, 0.29) is 0 Å². The SMILES string of the molecule is O=S(=O)(CCl)Nc1ccnc(Br)c1. The van der Waals surface area contributed by atoms with Crippen molar-refractivity contribution < 1.29 is 8.42 Å². The average Bonchev–Trinajstić information content (AvgIpc) is 2.03. The minimum atomic E-state index is -3.42. The molecule has 0 radical (unpaired) electrons. The third kappa shape index (κ3) is 3.50. The van der Waals surface area contributed by atoms with Crippen LogP contribution in [0, 0.1) is 0 Å². The summed E-state index contributed by atoms with van der Waals surface area (Å²) in [5, 5.41) is -0.465. The highest BCUT2D eigenvalue weighted by Crippen LogP contribution is 2.14. The summed E-state index contributed by atoms with van der Waals surface area (Å²) in [4.78, 5) is 3.84. The first-order valence-electron chi connectivity index (χ1n) is 3.21. The lowest BCUT2D eigenvalue weighted by molar-refractivity contribution is 0.605. The zero-order valence-electron chi connectivity index (χ0n) is 6.37. The van der Waals surface area contributed by atoms with Crippen LogP contribution >= 0.6 is 27.5 Å². The van der Waals surface area contributed by atoms with E-state index in [2.05, 4.69) is 25.6 Å². The van der Waals surface area contributed by atoms with Crippen molar-refractivity contribution in [2.45, 2.75) is 0 Å². The van der Waals surface area contributed by atoms with Crippen LogP contribution in [0.3, 0.4) is 0 Å². The van der Waals surface area contributed by atoms with E-state index in [1.807, 2.05) is 0 Å². The molecule has 1 N–H and O–H groups in total. The van der Waals surface area contributed by atoms with Gasteiger partial charge in [-0.3, -0.25) is 4.72 Å². The monoisotopic (exact) mass is 284 g/mol. The number of pyridine rings is 1. The second-order valence-corrected chi connectivity index (χ2v) is 5.31. The lowest BCUT2D eigenvalue weighted by Gasteiger charge is -2.04. The van der Waals surface area contributed by atoms with Gasteiger partial charge in [0.05, 0.1) is 5.69 Å². The van der Waals surface area contributed by atoms with E-state index in [9.17, 15) is 8.42 Å². The quantitative estimate of drug-likeness (QED) is 0.680. The minimum absolute atomic E-state index is 0.433. The maximum absolute atomic E-state index is 11.0. The Kier molecular flexibility index (Phi) is 3.52. The molecule has 0 saturated heterocycles. The number of nitrogens with zero attached hydrogens (tertiary/aromatic N) is 1. The number of anilines is 1. The molecule has 1 heterocycles. The van der Waals surface area contributed by atoms with E-state index in [1.165, 1.54) is 12.3 Å². The van der Waals surface area contributed by atoms with Crippen LogP contribution in [0.4, 0.5) is 5.69 Å². The van der Waals surface area contributed by atoms with Crippen molar-refractivity contribution in [2.24, 2.45) is 0 Å². The molecule has 0 aliphatic carbocycles. The third-order valence-corrected chi connectivity index (χ3v) is 3.27. The number of rotatable bonds is 3. The fourth-order valence-corrected chi connectivity index (χ4v) is 1.74. The van der Waals surface area contributed by atoms with Gasteiger partial charge >= 0.3 is 0 Å². The molecular weight excluding hydrogens is 280 g/mol. The van der Waals surface area contributed by atoms with Gasteiger partial charge < -0.3 is 0 Å². The van der Waals surface area contributed by atoms with Gasteiger partial charge in [0, 0.05) is 6.20 Å². The summed E-state index contributed by atoms with van der Waals surface area (Å²) in [6, 6.07) is 3.08. The molecule has 7 heteroatoms. The molecular formula is C6H6BrClN2O2S. The van der Waals surface area contributed by atoms with Crippen LogP contribution in [0.2, 0.25) is 0 Å². The predicted molar refractivity (Wildman–Crippen MR) is 55.2 cm³/mol. The summed E-state index contributed by atoms with van der Waals surface area (Å²) in [6.07, 6.45) is 1.48. The van der Waals surface area contributed by atoms with E-state index in [0.717, 1.165) is 0 Å². The molecule has 13 heavy (non-hydrogen) atoms. The van der Waals surface area contributed by atoms with Gasteiger partial charge in [-0.05, 0) is 28.1 Å². The Morgan fingerprint density at radius 3 is 2.85 bits per heavy atom. The zero-order valence-corrected chi connectivity index (χ0v) is 9.53. The van der Waals surface area contributed by atoms with Gasteiger partial charge in [0.25, 0.3) is 0 Å². The summed E-state index contributed by atoms with van der Waals surface area (Å²) in [6.45, 7) is 0. The standard InChI is InChI=1S/C6H6BrClN2O2S/c7-6-3-5(1-2-9-6)10-13(11,12)4-8/h1-3H,4H2,(H,9,10). The van der Waals surface area contributed by atoms with Crippen LogP contribution in [-0.4, -0.2) is 18.6 Å². The summed E-state index contributed by atoms with van der Waals surface area (Å²) in [7, 11) is -3.42. The lowest BCUT2D eigenvalue weighted by Crippen LogP contribution is -2.13. The van der Waals surface area contributed by atoms with Crippen molar-refractivity contribution in [2.75, 3.05) is 9.93 Å². The summed E-state index contributed by atoms with van der Waals surface area (Å²) in [5.41, 5.74) is 0.433. The topological polar surface area (TPSA) is 59.1 Å². The van der Waals surface area contributed by atoms with Crippen LogP contribution in [-0.2, 0) is 10.0 Å². The molecule has 4 nitrogen and oxygen atoms in total. The molecule has 0 spiro atoms. The lowest BCUT2D eigenvalue weighted by atomic mass is 10.4. The molecule has 0 unspecified atom stereocenters. The molecule has 72 valence electrons. The third-order valence-electron chi connectivity index (χ3n) is 1.14. The van der Waals surface area contributed by atoms with Crippen molar-refractivity contribution in [3.05, 3.63) is 22.9 Å². The smallest absolute Gasteiger partial charge is 0.246 e. The van der Waals surface area contributed by atoms with Gasteiger partial charge in [-0.2, -0.15) is 0 Å². The first-order valence-corrected chi connectivity index (χ1v) is 6.19. The highest BCUT2D eigenvalue weighted by atomic mass is 79.9. The molecule has 0 amide bonds. The molecule has 0 bridgehead atoms. The van der Waals surface area contributed by atoms with Gasteiger partial charge in [0.1, 0.15) is 9.82 Å². The Morgan fingerprint density at radius 2 is 2.31 bits per heavy atom. The second kappa shape index (κ2) is 4.26. The number of nitrogens with one attached hydrogen (secondary N) is 1. The van der Waals surface area contributed by atoms with E-state index in [0.29, 0.717) is 10.3 Å². The number of sulfonamides is 1. The predicted octanol–water partition coefficient (Wildman–Crippen LogP) is 1.78. The molecule has 0 aliphatic heterocycles. The minimum Gasteiger partial charge on any atom is -0.282 e. The number of aromatic nitrogens is 1. The Balaban J connectivity index is 2.87. The van der Waals surface area contributed by atoms with Gasteiger partial charge in [-0.15, -0.1) is 11.6 Å². The first kappa shape index (κ1) is 10.7. The Bertz CT molecular complexity index is 395. The molecule has 1 aromatic rings. The average molecular weight is 286 g/mol. The molecule has 0 aliphatic rings. The number of alkyl halides is 1. The maximum Gasteiger partial charge on any atom is 0.246 e. The Labute approximate surface area is 89.5 Å². The van der Waals surface area contributed by atoms with Crippen molar-refractivity contribution in [3.8, 4) is 0 Å². The molecule has 1 rings (SSSR count). The highest BCUT2D eigenvalue weighted by Gasteiger charge is 2.07. The first-order chi connectivity index (χ1) is 6.03. The summed E-state index contributed by atoms with van der Waals surface area (Å²) < 4.78 is 24.8. The molecule has 0 fully saturated rings. The van der Waals surface area contributed by atoms with Crippen molar-refractivity contribution in [1.29, 1.82) is 0 Å². The van der Waals surface area contributed by atoms with E-state index < -0.39 is 15.2 Å². The van der Waals surface area contributed by atoms with Crippen LogP contribution in [0.5, 0.6) is 0 Å². The maximum atomic E-state index is 11.0. The van der Waals surface area contributed by atoms with Gasteiger partial charge in [0.2, 0.25) is 10.0 Å². The van der Waals surface area contributed by atoms with Crippen LogP contribution in [0.1, 0.15) is 0 Å². The molecule has 0 atom stereocenters. The molecule has 0 saturated carbocycles. The van der Waals surface area contributed by atoms with Crippen molar-refractivity contribution in [3.63, 3.8) is 0 Å². The van der Waals surface area contributed by atoms with Crippen LogP contribution in [0.15, 0.2) is 22.9 Å². The molecule has 1 aromatic heterocycles. The van der Waals surface area contributed by atoms with Crippen molar-refractivity contribution in [1.82, 2.24) is 4.98 Å². The van der Waals surface area contributed by atoms with Crippen molar-refractivity contribution >= 4 is 43.2 Å². The van der Waals surface area contributed by atoms with Gasteiger partial charge in [-0.25, -0.2) is 13.4 Å². The van der Waals surface area contributed by atoms with E-state index in [4.69, 9.17) is 11.6 Å². The van der Waals surface area contributed by atoms with Crippen LogP contribution < -0.4 is 4.72 Å². The van der Waals surface area contributed by atoms with Gasteiger partial charge in [0.15, 0.2) is 0 Å². The Hall–Kier alpha value is -0.330. The molecule has 0 aromatic carbocycles. The van der Waals surface area contributed by atoms with E-state index >= 15 is 0 Å². The normalized spacial score (nSPS) is 11.2. The zero-order chi connectivity index (χ0) is 9.90. The van der Waals surface area contributed by atoms with E-state index in [1.54, 1.807) is 6.07 Å². The number of hydrogen-bond donors (Lipinski definition) is 1. The fourth-order valence-electron chi connectivity index (χ4n) is 0.673.